The van der Waals surface area contributed by atoms with Crippen LogP contribution in [0.3, 0.4) is 0 Å². The number of nitriles is 1. The maximum absolute atomic E-state index is 12.5. The lowest BCUT2D eigenvalue weighted by Crippen LogP contribution is -2.55. The maximum Gasteiger partial charge on any atom is 0.336 e. The molecule has 11 heteroatoms. The van der Waals surface area contributed by atoms with E-state index in [1.807, 2.05) is 28.9 Å². The van der Waals surface area contributed by atoms with Crippen molar-refractivity contribution < 1.29 is 9.53 Å². The summed E-state index contributed by atoms with van der Waals surface area (Å²) in [5.74, 6) is 0.444. The molecule has 2 unspecified atom stereocenters. The third-order valence-electron chi connectivity index (χ3n) is 8.35. The second-order valence-corrected chi connectivity index (χ2v) is 11.3. The topological polar surface area (TPSA) is 103 Å². The van der Waals surface area contributed by atoms with Gasteiger partial charge in [-0.15, -0.1) is 5.10 Å². The average molecular weight is 585 g/mol. The zero-order chi connectivity index (χ0) is 29.2. The number of aromatic nitrogens is 4. The van der Waals surface area contributed by atoms with E-state index in [1.54, 1.807) is 4.90 Å². The molecule has 1 amide bonds. The van der Waals surface area contributed by atoms with Crippen molar-refractivity contribution in [1.82, 2.24) is 29.4 Å². The smallest absolute Gasteiger partial charge is 0.336 e. The van der Waals surface area contributed by atoms with E-state index in [2.05, 4.69) is 47.7 Å². The highest BCUT2D eigenvalue weighted by Gasteiger charge is 2.32. The van der Waals surface area contributed by atoms with Crippen molar-refractivity contribution in [3.05, 3.63) is 71.5 Å². The van der Waals surface area contributed by atoms with Crippen molar-refractivity contribution in [3.63, 3.8) is 0 Å². The van der Waals surface area contributed by atoms with Crippen LogP contribution in [0.2, 0.25) is 5.02 Å². The molecule has 2 aliphatic heterocycles. The van der Waals surface area contributed by atoms with Crippen molar-refractivity contribution in [3.8, 4) is 12.1 Å². The van der Waals surface area contributed by atoms with Crippen LogP contribution in [0.15, 0.2) is 55.3 Å². The number of piperazine rings is 1. The molecule has 0 radical (unpaired) electrons. The van der Waals surface area contributed by atoms with Gasteiger partial charge in [0.15, 0.2) is 11.5 Å². The summed E-state index contributed by atoms with van der Waals surface area (Å²) < 4.78 is 8.04. The van der Waals surface area contributed by atoms with Gasteiger partial charge in [-0.05, 0) is 49.5 Å². The predicted octanol–water partition coefficient (Wildman–Crippen LogP) is 4.11. The number of likely N-dealkylation sites (tertiary alicyclic amines) is 1. The average Bonchev–Trinajstić information content (AvgIpc) is 3.61. The highest BCUT2D eigenvalue weighted by Crippen LogP contribution is 2.30. The van der Waals surface area contributed by atoms with Crippen molar-refractivity contribution >= 4 is 39.7 Å². The molecule has 2 fully saturated rings. The lowest BCUT2D eigenvalue weighted by Gasteiger charge is -2.40. The van der Waals surface area contributed by atoms with Crippen LogP contribution in [0, 0.1) is 11.3 Å². The van der Waals surface area contributed by atoms with E-state index < -0.39 is 0 Å². The summed E-state index contributed by atoms with van der Waals surface area (Å²) in [7, 11) is 2.11. The van der Waals surface area contributed by atoms with Gasteiger partial charge >= 0.3 is 6.01 Å². The van der Waals surface area contributed by atoms with Gasteiger partial charge in [0, 0.05) is 42.5 Å². The summed E-state index contributed by atoms with van der Waals surface area (Å²) in [6.07, 6.45) is 6.09. The summed E-state index contributed by atoms with van der Waals surface area (Å²) in [4.78, 5) is 28.2. The Labute approximate surface area is 249 Å². The van der Waals surface area contributed by atoms with Gasteiger partial charge < -0.3 is 19.4 Å². The zero-order valence-corrected chi connectivity index (χ0v) is 24.4. The Morgan fingerprint density at radius 3 is 2.81 bits per heavy atom. The number of carbonyl (C=O) groups excluding carboxylic acids is 1. The lowest BCUT2D eigenvalue weighted by atomic mass is 10.0. The molecule has 0 bridgehead atoms. The number of imidazole rings is 1. The number of nitrogens with zero attached hydrogens (tertiary/aromatic N) is 8. The first-order valence-electron chi connectivity index (χ1n) is 14.3. The van der Waals surface area contributed by atoms with Gasteiger partial charge in [-0.3, -0.25) is 4.79 Å². The number of halogens is 1. The van der Waals surface area contributed by atoms with Crippen molar-refractivity contribution in [2.24, 2.45) is 0 Å². The highest BCUT2D eigenvalue weighted by atomic mass is 35.5. The van der Waals surface area contributed by atoms with Gasteiger partial charge in [-0.2, -0.15) is 10.2 Å². The summed E-state index contributed by atoms with van der Waals surface area (Å²) >= 11 is 6.64. The van der Waals surface area contributed by atoms with Gasteiger partial charge in [-0.1, -0.05) is 48.5 Å². The Balaban J connectivity index is 1.38. The highest BCUT2D eigenvalue weighted by molar-refractivity contribution is 6.35. The Hall–Kier alpha value is -4.20. The van der Waals surface area contributed by atoms with Crippen LogP contribution in [0.1, 0.15) is 30.5 Å². The van der Waals surface area contributed by atoms with E-state index in [0.29, 0.717) is 55.2 Å². The van der Waals surface area contributed by atoms with Gasteiger partial charge in [0.2, 0.25) is 5.91 Å². The third-order valence-corrected chi connectivity index (χ3v) is 8.67. The molecule has 4 aromatic rings. The van der Waals surface area contributed by atoms with Crippen LogP contribution in [-0.4, -0.2) is 87.2 Å². The summed E-state index contributed by atoms with van der Waals surface area (Å²) in [5.41, 5.74) is 2.54. The Morgan fingerprint density at radius 2 is 2.05 bits per heavy atom. The second-order valence-electron chi connectivity index (χ2n) is 10.9. The normalized spacial score (nSPS) is 19.4. The van der Waals surface area contributed by atoms with Crippen molar-refractivity contribution in [2.45, 2.75) is 37.8 Å². The molecular weight excluding hydrogens is 552 g/mol. The van der Waals surface area contributed by atoms with Crippen molar-refractivity contribution in [2.75, 3.05) is 44.7 Å². The van der Waals surface area contributed by atoms with Crippen molar-refractivity contribution in [1.29, 1.82) is 5.26 Å². The Bertz CT molecular complexity index is 1680. The van der Waals surface area contributed by atoms with Crippen LogP contribution in [0.25, 0.3) is 16.4 Å². The second kappa shape index (κ2) is 12.0. The number of benzene rings is 2. The van der Waals surface area contributed by atoms with Crippen LogP contribution >= 0.6 is 11.6 Å². The number of amides is 1. The molecule has 0 saturated carbocycles. The Morgan fingerprint density at radius 1 is 1.21 bits per heavy atom. The molecule has 4 heterocycles. The fourth-order valence-corrected chi connectivity index (χ4v) is 6.40. The van der Waals surface area contributed by atoms with Gasteiger partial charge in [0.05, 0.1) is 30.4 Å². The van der Waals surface area contributed by atoms with Crippen LogP contribution in [0.4, 0.5) is 5.82 Å². The molecule has 2 aliphatic rings. The number of fused-ring (bicyclic) bond motifs is 2. The van der Waals surface area contributed by atoms with E-state index in [4.69, 9.17) is 31.4 Å². The van der Waals surface area contributed by atoms with Crippen LogP contribution < -0.4 is 9.64 Å². The fraction of sp³-hybridized carbons (Fsp3) is 0.387. The van der Waals surface area contributed by atoms with E-state index in [0.717, 1.165) is 41.4 Å². The number of hydrogen-bond donors (Lipinski definition) is 0. The molecule has 2 aromatic heterocycles. The zero-order valence-electron chi connectivity index (χ0n) is 23.6. The number of ether oxygens (including phenoxy) is 1. The third kappa shape index (κ3) is 5.38. The number of likely N-dealkylation sites (N-methyl/N-ethyl adjacent to an activating group) is 1. The fourth-order valence-electron chi connectivity index (χ4n) is 6.10. The summed E-state index contributed by atoms with van der Waals surface area (Å²) in [5, 5.41) is 17.1. The largest absolute Gasteiger partial charge is 0.461 e. The van der Waals surface area contributed by atoms with Gasteiger partial charge in [0.1, 0.15) is 6.61 Å². The van der Waals surface area contributed by atoms with E-state index in [9.17, 15) is 10.1 Å². The monoisotopic (exact) mass is 584 g/mol. The molecule has 2 aromatic carbocycles. The van der Waals surface area contributed by atoms with E-state index in [1.165, 1.54) is 6.08 Å². The van der Waals surface area contributed by atoms with Gasteiger partial charge in [-0.25, -0.2) is 9.50 Å². The molecule has 6 rings (SSSR count). The summed E-state index contributed by atoms with van der Waals surface area (Å²) in [6.45, 7) is 6.57. The summed E-state index contributed by atoms with van der Waals surface area (Å²) in [6, 6.07) is 14.6. The SMILES string of the molecule is C=CC(=O)N1CCN(c2nc(OCC3CCCN3C)nn3c(Cc4cccc5cccc(Cl)c45)cnc23)CC1CC#N. The standard InChI is InChI=1S/C31H33ClN8O2/c1-3-27(41)39-16-15-38(19-23(39)12-13-33)30-29-34-18-25(17-22-9-4-7-21-8-5-11-26(32)28(21)22)40(29)36-31(35-30)42-20-24-10-6-14-37(24)2/h3-5,7-9,11,18,23-24H,1,6,10,12,14-17,19-20H2,2H3. The quantitative estimate of drug-likeness (QED) is 0.285. The Kier molecular flexibility index (Phi) is 7.96. The molecule has 2 saturated heterocycles. The molecule has 42 heavy (non-hydrogen) atoms. The first-order chi connectivity index (χ1) is 20.5. The molecule has 216 valence electrons. The van der Waals surface area contributed by atoms with Gasteiger partial charge in [0.25, 0.3) is 0 Å². The first-order valence-corrected chi connectivity index (χ1v) is 14.6. The predicted molar refractivity (Wildman–Crippen MR) is 162 cm³/mol. The number of carbonyl (C=O) groups is 1. The van der Waals surface area contributed by atoms with Crippen LogP contribution in [-0.2, 0) is 11.2 Å². The lowest BCUT2D eigenvalue weighted by molar-refractivity contribution is -0.128. The minimum absolute atomic E-state index is 0.177. The molecule has 0 spiro atoms. The molecule has 2 atom stereocenters. The number of anilines is 1. The molecule has 10 nitrogen and oxygen atoms in total. The minimum atomic E-state index is -0.298. The molecule has 0 N–H and O–H groups in total. The van der Waals surface area contributed by atoms with Crippen LogP contribution in [0.5, 0.6) is 6.01 Å². The minimum Gasteiger partial charge on any atom is -0.461 e. The molecular formula is C31H33ClN8O2. The van der Waals surface area contributed by atoms with E-state index in [-0.39, 0.29) is 24.4 Å². The maximum atomic E-state index is 12.5. The first kappa shape index (κ1) is 27.9. The number of hydrogen-bond acceptors (Lipinski definition) is 8. The molecule has 0 aliphatic carbocycles. The van der Waals surface area contributed by atoms with E-state index >= 15 is 0 Å². The number of rotatable bonds is 8.